The predicted molar refractivity (Wildman–Crippen MR) is 258 cm³/mol. The minimum absolute atomic E-state index is 0.000415. The Balaban J connectivity index is 0.993. The third kappa shape index (κ3) is 9.13. The highest BCUT2D eigenvalue weighted by atomic mass is 16.7. The molecule has 15 heteroatoms. The van der Waals surface area contributed by atoms with Gasteiger partial charge in [0.05, 0.1) is 24.1 Å². The Morgan fingerprint density at radius 3 is 1.87 bits per heavy atom. The molecule has 9 bridgehead atoms. The monoisotopic (exact) mass is 937 g/mol. The third-order valence-corrected chi connectivity index (χ3v) is 17.4. The summed E-state index contributed by atoms with van der Waals surface area (Å²) in [6, 6.07) is 13.4. The molecule has 11 aliphatic rings. The van der Waals surface area contributed by atoms with E-state index in [1.54, 1.807) is 48.5 Å². The van der Waals surface area contributed by atoms with Crippen LogP contribution in [0.4, 0.5) is 11.4 Å². The number of carbonyl (C=O) groups excluding carboxylic acids is 4. The largest absolute Gasteiger partial charge is 0.457 e. The van der Waals surface area contributed by atoms with Gasteiger partial charge < -0.3 is 44.3 Å². The Hall–Kier alpha value is -5.02. The number of carbonyl (C=O) groups is 4. The summed E-state index contributed by atoms with van der Waals surface area (Å²) in [5.41, 5.74) is 2.77. The molecular weight excluding hydrogens is 865 g/mol. The van der Waals surface area contributed by atoms with Crippen LogP contribution < -0.4 is 15.4 Å². The molecule has 11 atom stereocenters. The van der Waals surface area contributed by atoms with Crippen LogP contribution in [-0.4, -0.2) is 102 Å². The molecule has 0 aromatic heterocycles. The molecule has 368 valence electrons. The van der Waals surface area contributed by atoms with Gasteiger partial charge in [-0.3, -0.25) is 19.2 Å². The molecule has 2 saturated heterocycles. The quantitative estimate of drug-likeness (QED) is 0.299. The second kappa shape index (κ2) is 19.1. The number of nitrogens with one attached hydrogen (secondary N) is 2. The van der Waals surface area contributed by atoms with Gasteiger partial charge in [-0.05, 0) is 163 Å². The molecule has 68 heavy (non-hydrogen) atoms. The van der Waals surface area contributed by atoms with E-state index >= 15 is 0 Å². The standard InChI is InChI=1S/C53H72N6O9/c1-31(2)58-26-46(60)54-36-10-14-39(15-11-36)67-40-16-12-37(13-17-40)55-47(61)27-59(32(3)4)49(63)30-66-57-45-25-42-41(18-9-35-23-38(20-21-51(35,42)7)56-65-29-48(58)62)43-24-44-50(52(43,45)8)34(6)53(68-44)22-19-33(5)28-64-53/h10-17,31-35,41-44,50H,9,18-30H2,1-8H3,(H,54,60)(H,55,61)/t33?,34-,35-,41+,42-,43-,44-,50-,51-,52+,53+/m0/s1. The Labute approximate surface area is 401 Å². The molecule has 13 rings (SSSR count). The van der Waals surface area contributed by atoms with Gasteiger partial charge in [-0.1, -0.05) is 38.0 Å². The minimum Gasteiger partial charge on any atom is -0.457 e. The molecule has 4 aliphatic carbocycles. The van der Waals surface area contributed by atoms with Crippen molar-refractivity contribution >= 4 is 46.4 Å². The van der Waals surface area contributed by atoms with Crippen molar-refractivity contribution in [2.75, 3.05) is 43.5 Å². The fraction of sp³-hybridized carbons (Fsp3) is 0.660. The molecule has 6 fully saturated rings. The van der Waals surface area contributed by atoms with Gasteiger partial charge in [-0.25, -0.2) is 0 Å². The van der Waals surface area contributed by atoms with E-state index in [1.165, 1.54) is 9.80 Å². The van der Waals surface area contributed by atoms with Gasteiger partial charge in [0.2, 0.25) is 11.8 Å². The van der Waals surface area contributed by atoms with Crippen LogP contribution in [0.3, 0.4) is 0 Å². The molecule has 7 aliphatic heterocycles. The second-order valence-corrected chi connectivity index (χ2v) is 22.0. The van der Waals surface area contributed by atoms with Crippen LogP contribution >= 0.6 is 0 Å². The van der Waals surface area contributed by atoms with E-state index < -0.39 is 5.79 Å². The van der Waals surface area contributed by atoms with Crippen molar-refractivity contribution in [1.29, 1.82) is 0 Å². The summed E-state index contributed by atoms with van der Waals surface area (Å²) in [5.74, 6) is 1.54. The molecule has 7 heterocycles. The topological polar surface area (TPSA) is 170 Å². The summed E-state index contributed by atoms with van der Waals surface area (Å²) in [6.45, 7) is 16.8. The van der Waals surface area contributed by atoms with E-state index in [0.29, 0.717) is 59.1 Å². The van der Waals surface area contributed by atoms with Gasteiger partial charge in [0.15, 0.2) is 19.0 Å². The summed E-state index contributed by atoms with van der Waals surface area (Å²) in [6.07, 6.45) is 8.35. The fourth-order valence-corrected chi connectivity index (χ4v) is 13.7. The molecular formula is C53H72N6O9. The van der Waals surface area contributed by atoms with E-state index in [2.05, 4.69) is 43.5 Å². The lowest BCUT2D eigenvalue weighted by Crippen LogP contribution is -2.58. The predicted octanol–water partition coefficient (Wildman–Crippen LogP) is 8.65. The van der Waals surface area contributed by atoms with Gasteiger partial charge in [0, 0.05) is 47.1 Å². The number of amides is 4. The van der Waals surface area contributed by atoms with Crippen LogP contribution in [0.25, 0.3) is 0 Å². The zero-order valence-corrected chi connectivity index (χ0v) is 41.3. The maximum Gasteiger partial charge on any atom is 0.264 e. The summed E-state index contributed by atoms with van der Waals surface area (Å²) >= 11 is 0. The highest BCUT2D eigenvalue weighted by molar-refractivity contribution is 5.96. The summed E-state index contributed by atoms with van der Waals surface area (Å²) in [7, 11) is 0. The van der Waals surface area contributed by atoms with Crippen LogP contribution in [0, 0.1) is 52.3 Å². The number of fused-ring (bicyclic) bond motifs is 5. The average molecular weight is 937 g/mol. The highest BCUT2D eigenvalue weighted by Crippen LogP contribution is 2.70. The molecule has 0 radical (unpaired) electrons. The Bertz CT molecular complexity index is 2270. The van der Waals surface area contributed by atoms with Crippen molar-refractivity contribution in [3.05, 3.63) is 48.5 Å². The number of nitrogens with zero attached hydrogens (tertiary/aromatic N) is 4. The maximum atomic E-state index is 14.0. The fourth-order valence-electron chi connectivity index (χ4n) is 13.7. The molecule has 2 N–H and O–H groups in total. The van der Waals surface area contributed by atoms with E-state index in [-0.39, 0.29) is 90.8 Å². The normalized spacial score (nSPS) is 36.0. The van der Waals surface area contributed by atoms with Crippen LogP contribution in [0.1, 0.15) is 113 Å². The van der Waals surface area contributed by atoms with Crippen molar-refractivity contribution in [2.24, 2.45) is 62.6 Å². The highest BCUT2D eigenvalue weighted by Gasteiger charge is 2.71. The molecule has 1 spiro atoms. The molecule has 2 aromatic carbocycles. The van der Waals surface area contributed by atoms with Gasteiger partial charge in [0.25, 0.3) is 11.8 Å². The lowest BCUT2D eigenvalue weighted by molar-refractivity contribution is -0.272. The number of hydrogen-bond acceptors (Lipinski definition) is 11. The zero-order valence-electron chi connectivity index (χ0n) is 41.3. The molecule has 15 nitrogen and oxygen atoms in total. The lowest BCUT2D eigenvalue weighted by Gasteiger charge is -2.60. The van der Waals surface area contributed by atoms with E-state index in [0.717, 1.165) is 69.2 Å². The van der Waals surface area contributed by atoms with Crippen LogP contribution in [0.2, 0.25) is 0 Å². The van der Waals surface area contributed by atoms with Crippen molar-refractivity contribution in [3.63, 3.8) is 0 Å². The SMILES string of the molecule is CC1CC[C@@]2(OC1)O[C@H]1C[C@H]3[C@@H]4CC[C@H]5CC6=NOCC(=O)N(C(C)C)CC(=O)Nc7ccc(cc7)Oc7ccc(cc7)NC(=O)CN(C(C)C)C(=O)CON=C(C[C@@H]4[C@@]5(C)CC6)[C@]3(C)[C@H]1[C@@H]2C. The van der Waals surface area contributed by atoms with Gasteiger partial charge >= 0.3 is 0 Å². The first kappa shape index (κ1) is 48.0. The number of anilines is 2. The smallest absolute Gasteiger partial charge is 0.264 e. The Kier molecular flexibility index (Phi) is 13.5. The summed E-state index contributed by atoms with van der Waals surface area (Å²) < 4.78 is 19.8. The molecule has 4 amide bonds. The third-order valence-electron chi connectivity index (χ3n) is 17.4. The van der Waals surface area contributed by atoms with Gasteiger partial charge in [0.1, 0.15) is 24.6 Å². The maximum absolute atomic E-state index is 14.0. The average Bonchev–Trinajstić information content (AvgIpc) is 3.75. The first-order valence-electron chi connectivity index (χ1n) is 25.2. The van der Waals surface area contributed by atoms with Crippen molar-refractivity contribution in [2.45, 2.75) is 137 Å². The van der Waals surface area contributed by atoms with Crippen LogP contribution in [0.5, 0.6) is 11.5 Å². The van der Waals surface area contributed by atoms with Gasteiger partial charge in [-0.15, -0.1) is 0 Å². The van der Waals surface area contributed by atoms with Crippen molar-refractivity contribution in [1.82, 2.24) is 9.80 Å². The Morgan fingerprint density at radius 1 is 0.721 bits per heavy atom. The van der Waals surface area contributed by atoms with Crippen LogP contribution in [-0.2, 0) is 38.3 Å². The summed E-state index contributed by atoms with van der Waals surface area (Å²) in [5, 5.41) is 15.4. The van der Waals surface area contributed by atoms with E-state index in [1.807, 2.05) is 27.7 Å². The van der Waals surface area contributed by atoms with E-state index in [9.17, 15) is 19.2 Å². The Morgan fingerprint density at radius 2 is 1.31 bits per heavy atom. The number of hydrogen-bond donors (Lipinski definition) is 2. The summed E-state index contributed by atoms with van der Waals surface area (Å²) in [4.78, 5) is 69.2. The molecule has 2 aromatic rings. The van der Waals surface area contributed by atoms with Crippen LogP contribution in [0.15, 0.2) is 58.8 Å². The molecule has 1 unspecified atom stereocenters. The van der Waals surface area contributed by atoms with Crippen molar-refractivity contribution in [3.8, 4) is 11.5 Å². The van der Waals surface area contributed by atoms with Crippen molar-refractivity contribution < 1.29 is 43.1 Å². The first-order chi connectivity index (χ1) is 32.5. The lowest BCUT2D eigenvalue weighted by atomic mass is 9.44. The molecule has 4 saturated carbocycles. The zero-order chi connectivity index (χ0) is 48.1. The number of benzene rings is 2. The van der Waals surface area contributed by atoms with E-state index in [4.69, 9.17) is 29.0 Å². The number of ether oxygens (including phenoxy) is 3. The minimum atomic E-state index is -0.597. The number of oxime groups is 2. The van der Waals surface area contributed by atoms with Gasteiger partial charge in [-0.2, -0.15) is 0 Å². The number of rotatable bonds is 2. The first-order valence-corrected chi connectivity index (χ1v) is 25.2. The second-order valence-electron chi connectivity index (χ2n) is 22.0.